The fourth-order valence-corrected chi connectivity index (χ4v) is 1.25. The van der Waals surface area contributed by atoms with Crippen molar-refractivity contribution in [3.05, 3.63) is 22.7 Å². The number of halogens is 2. The van der Waals surface area contributed by atoms with Crippen LogP contribution in [0.5, 0.6) is 5.75 Å². The number of nitrogens with zero attached hydrogens (tertiary/aromatic N) is 1. The first-order valence-corrected chi connectivity index (χ1v) is 4.68. The van der Waals surface area contributed by atoms with Gasteiger partial charge in [-0.25, -0.2) is 4.98 Å². The summed E-state index contributed by atoms with van der Waals surface area (Å²) in [6, 6.07) is 2.89. The lowest BCUT2D eigenvalue weighted by molar-refractivity contribution is 0.130. The van der Waals surface area contributed by atoms with Crippen LogP contribution in [0.15, 0.2) is 16.7 Å². The van der Waals surface area contributed by atoms with Crippen molar-refractivity contribution in [1.82, 2.24) is 4.98 Å². The number of pyridine rings is 1. The lowest BCUT2D eigenvalue weighted by atomic mass is 10.2. The second kappa shape index (κ2) is 3.62. The van der Waals surface area contributed by atoms with Gasteiger partial charge in [0.2, 0.25) is 5.95 Å². The van der Waals surface area contributed by atoms with E-state index in [0.717, 1.165) is 0 Å². The average molecular weight is 248 g/mol. The van der Waals surface area contributed by atoms with Crippen LogP contribution >= 0.6 is 15.9 Å². The highest BCUT2D eigenvalue weighted by Crippen LogP contribution is 2.21. The first kappa shape index (κ1) is 10.4. The standard InChI is InChI=1S/C9H11BrFNO/c1-9(2,3)13-6-4-7(10)12-8(11)5-6/h4-5H,1-3H3. The van der Waals surface area contributed by atoms with Crippen LogP contribution in [-0.2, 0) is 0 Å². The summed E-state index contributed by atoms with van der Waals surface area (Å²) in [6.07, 6.45) is 0. The Morgan fingerprint density at radius 1 is 1.38 bits per heavy atom. The third-order valence-corrected chi connectivity index (χ3v) is 1.57. The molecule has 2 nitrogen and oxygen atoms in total. The molecule has 1 rings (SSSR count). The summed E-state index contributed by atoms with van der Waals surface area (Å²) < 4.78 is 18.7. The summed E-state index contributed by atoms with van der Waals surface area (Å²) >= 11 is 3.09. The number of hydrogen-bond donors (Lipinski definition) is 0. The van der Waals surface area contributed by atoms with Gasteiger partial charge in [-0.15, -0.1) is 0 Å². The molecule has 72 valence electrons. The maximum absolute atomic E-state index is 12.8. The summed E-state index contributed by atoms with van der Waals surface area (Å²) in [5.41, 5.74) is -0.326. The minimum absolute atomic E-state index is 0.326. The molecular weight excluding hydrogens is 237 g/mol. The first-order chi connectivity index (χ1) is 5.87. The molecule has 0 aliphatic carbocycles. The molecule has 0 spiro atoms. The van der Waals surface area contributed by atoms with Crippen molar-refractivity contribution < 1.29 is 9.13 Å². The van der Waals surface area contributed by atoms with Crippen molar-refractivity contribution in [2.45, 2.75) is 26.4 Å². The number of ether oxygens (including phenoxy) is 1. The largest absolute Gasteiger partial charge is 0.488 e. The molecule has 0 saturated heterocycles. The van der Waals surface area contributed by atoms with Crippen LogP contribution in [0.25, 0.3) is 0 Å². The average Bonchev–Trinajstić information content (AvgIpc) is 1.78. The van der Waals surface area contributed by atoms with Crippen LogP contribution in [0.1, 0.15) is 20.8 Å². The van der Waals surface area contributed by atoms with Crippen molar-refractivity contribution >= 4 is 15.9 Å². The molecule has 1 aromatic heterocycles. The van der Waals surface area contributed by atoms with Crippen molar-refractivity contribution in [2.75, 3.05) is 0 Å². The Bertz CT molecular complexity index is 289. The molecule has 4 heteroatoms. The Morgan fingerprint density at radius 2 is 2.00 bits per heavy atom. The molecule has 0 aliphatic rings. The number of hydrogen-bond acceptors (Lipinski definition) is 2. The Kier molecular flexibility index (Phi) is 2.91. The monoisotopic (exact) mass is 247 g/mol. The lowest BCUT2D eigenvalue weighted by Gasteiger charge is -2.21. The lowest BCUT2D eigenvalue weighted by Crippen LogP contribution is -2.23. The van der Waals surface area contributed by atoms with Gasteiger partial charge in [0.25, 0.3) is 0 Å². The quantitative estimate of drug-likeness (QED) is 0.712. The summed E-state index contributed by atoms with van der Waals surface area (Å²) in [5, 5.41) is 0. The molecule has 0 amide bonds. The van der Waals surface area contributed by atoms with E-state index in [9.17, 15) is 4.39 Å². The molecule has 0 unspecified atom stereocenters. The molecule has 0 fully saturated rings. The van der Waals surface area contributed by atoms with Crippen molar-refractivity contribution in [2.24, 2.45) is 0 Å². The van der Waals surface area contributed by atoms with Crippen LogP contribution in [0.3, 0.4) is 0 Å². The highest BCUT2D eigenvalue weighted by Gasteiger charge is 2.12. The number of aromatic nitrogens is 1. The Morgan fingerprint density at radius 3 is 2.46 bits per heavy atom. The van der Waals surface area contributed by atoms with Gasteiger partial charge in [0.1, 0.15) is 16.0 Å². The molecule has 0 atom stereocenters. The van der Waals surface area contributed by atoms with E-state index in [1.807, 2.05) is 20.8 Å². The molecule has 0 aliphatic heterocycles. The fraction of sp³-hybridized carbons (Fsp3) is 0.444. The van der Waals surface area contributed by atoms with Crippen LogP contribution in [0.4, 0.5) is 4.39 Å². The Balaban J connectivity index is 2.90. The third kappa shape index (κ3) is 3.72. The van der Waals surface area contributed by atoms with Gasteiger partial charge in [0, 0.05) is 12.1 Å². The predicted molar refractivity (Wildman–Crippen MR) is 52.3 cm³/mol. The molecule has 0 radical (unpaired) electrons. The molecule has 1 heterocycles. The van der Waals surface area contributed by atoms with E-state index in [1.165, 1.54) is 6.07 Å². The smallest absolute Gasteiger partial charge is 0.217 e. The molecule has 13 heavy (non-hydrogen) atoms. The second-order valence-corrected chi connectivity index (χ2v) is 4.48. The molecule has 0 bridgehead atoms. The minimum atomic E-state index is -0.548. The van der Waals surface area contributed by atoms with Gasteiger partial charge < -0.3 is 4.74 Å². The topological polar surface area (TPSA) is 22.1 Å². The van der Waals surface area contributed by atoms with Crippen molar-refractivity contribution in [3.63, 3.8) is 0 Å². The molecule has 0 N–H and O–H groups in total. The van der Waals surface area contributed by atoms with E-state index in [1.54, 1.807) is 6.07 Å². The van der Waals surface area contributed by atoms with E-state index in [4.69, 9.17) is 4.74 Å². The van der Waals surface area contributed by atoms with E-state index in [-0.39, 0.29) is 5.60 Å². The van der Waals surface area contributed by atoms with Gasteiger partial charge in [-0.1, -0.05) is 0 Å². The zero-order chi connectivity index (χ0) is 10.1. The van der Waals surface area contributed by atoms with E-state index in [0.29, 0.717) is 10.4 Å². The van der Waals surface area contributed by atoms with E-state index < -0.39 is 5.95 Å². The summed E-state index contributed by atoms with van der Waals surface area (Å²) in [4.78, 5) is 3.53. The first-order valence-electron chi connectivity index (χ1n) is 3.89. The van der Waals surface area contributed by atoms with E-state index in [2.05, 4.69) is 20.9 Å². The second-order valence-electron chi connectivity index (χ2n) is 3.66. The van der Waals surface area contributed by atoms with Gasteiger partial charge in [0.15, 0.2) is 0 Å². The maximum atomic E-state index is 12.8. The van der Waals surface area contributed by atoms with Gasteiger partial charge in [-0.05, 0) is 36.7 Å². The zero-order valence-corrected chi connectivity index (χ0v) is 9.35. The van der Waals surface area contributed by atoms with Crippen LogP contribution in [-0.4, -0.2) is 10.6 Å². The van der Waals surface area contributed by atoms with Crippen LogP contribution in [0.2, 0.25) is 0 Å². The molecule has 0 saturated carbocycles. The minimum Gasteiger partial charge on any atom is -0.488 e. The van der Waals surface area contributed by atoms with Crippen LogP contribution in [0, 0.1) is 5.95 Å². The summed E-state index contributed by atoms with van der Waals surface area (Å²) in [7, 11) is 0. The van der Waals surface area contributed by atoms with Gasteiger partial charge in [-0.2, -0.15) is 4.39 Å². The van der Waals surface area contributed by atoms with Gasteiger partial charge in [0.05, 0.1) is 0 Å². The van der Waals surface area contributed by atoms with E-state index >= 15 is 0 Å². The highest BCUT2D eigenvalue weighted by molar-refractivity contribution is 9.10. The van der Waals surface area contributed by atoms with Crippen LogP contribution < -0.4 is 4.74 Å². The Labute approximate surface area is 85.3 Å². The Hall–Kier alpha value is -0.640. The van der Waals surface area contributed by atoms with Crippen molar-refractivity contribution in [3.8, 4) is 5.75 Å². The predicted octanol–water partition coefficient (Wildman–Crippen LogP) is 3.16. The normalized spacial score (nSPS) is 11.5. The molecule has 1 aromatic rings. The van der Waals surface area contributed by atoms with Gasteiger partial charge in [-0.3, -0.25) is 0 Å². The summed E-state index contributed by atoms with van der Waals surface area (Å²) in [5.74, 6) is -0.0690. The van der Waals surface area contributed by atoms with Gasteiger partial charge >= 0.3 is 0 Å². The third-order valence-electron chi connectivity index (χ3n) is 1.16. The molecular formula is C9H11BrFNO. The highest BCUT2D eigenvalue weighted by atomic mass is 79.9. The summed E-state index contributed by atoms with van der Waals surface area (Å²) in [6.45, 7) is 5.71. The SMILES string of the molecule is CC(C)(C)Oc1cc(F)nc(Br)c1. The molecule has 0 aromatic carbocycles. The fourth-order valence-electron chi connectivity index (χ4n) is 0.856. The zero-order valence-electron chi connectivity index (χ0n) is 7.77. The van der Waals surface area contributed by atoms with Crippen molar-refractivity contribution in [1.29, 1.82) is 0 Å². The maximum Gasteiger partial charge on any atom is 0.217 e. The number of rotatable bonds is 1.